The summed E-state index contributed by atoms with van der Waals surface area (Å²) < 4.78 is 16.2. The van der Waals surface area contributed by atoms with Crippen molar-refractivity contribution in [1.82, 2.24) is 5.32 Å². The molecule has 1 N–H and O–H groups in total. The zero-order chi connectivity index (χ0) is 17.4. The van der Waals surface area contributed by atoms with E-state index in [4.69, 9.17) is 14.2 Å². The van der Waals surface area contributed by atoms with Crippen molar-refractivity contribution in [1.29, 1.82) is 0 Å². The quantitative estimate of drug-likeness (QED) is 0.809. The summed E-state index contributed by atoms with van der Waals surface area (Å²) in [6.07, 6.45) is 0.860. The molecular formula is C19H23NO4. The van der Waals surface area contributed by atoms with Crippen molar-refractivity contribution in [2.24, 2.45) is 0 Å². The van der Waals surface area contributed by atoms with Crippen LogP contribution in [0.3, 0.4) is 0 Å². The summed E-state index contributed by atoms with van der Waals surface area (Å²) in [5.74, 6) is 1.81. The molecular weight excluding hydrogens is 306 g/mol. The van der Waals surface area contributed by atoms with Crippen LogP contribution >= 0.6 is 0 Å². The molecule has 0 aliphatic rings. The number of carbonyl (C=O) groups is 1. The standard InChI is InChI=1S/C19H23NO4/c1-4-14-8-5-6-10-16(14)24-13-18(21)20-12-15-9-7-11-17(22-2)19(15)23-3/h5-11H,4,12-13H2,1-3H3,(H,20,21). The lowest BCUT2D eigenvalue weighted by atomic mass is 10.1. The zero-order valence-electron chi connectivity index (χ0n) is 14.3. The Hall–Kier alpha value is -2.69. The van der Waals surface area contributed by atoms with Gasteiger partial charge in [-0.05, 0) is 24.1 Å². The topological polar surface area (TPSA) is 56.8 Å². The van der Waals surface area contributed by atoms with Crippen molar-refractivity contribution in [3.8, 4) is 17.2 Å². The Morgan fingerprint density at radius 1 is 0.958 bits per heavy atom. The predicted octanol–water partition coefficient (Wildman–Crippen LogP) is 2.96. The fraction of sp³-hybridized carbons (Fsp3) is 0.316. The molecule has 2 aromatic rings. The maximum absolute atomic E-state index is 12.0. The molecule has 0 aliphatic carbocycles. The number of rotatable bonds is 8. The first-order valence-electron chi connectivity index (χ1n) is 7.86. The van der Waals surface area contributed by atoms with Gasteiger partial charge in [0.15, 0.2) is 18.1 Å². The maximum atomic E-state index is 12.0. The van der Waals surface area contributed by atoms with E-state index in [1.807, 2.05) is 42.5 Å². The molecule has 5 nitrogen and oxygen atoms in total. The van der Waals surface area contributed by atoms with Gasteiger partial charge in [0.1, 0.15) is 5.75 Å². The van der Waals surface area contributed by atoms with E-state index in [-0.39, 0.29) is 12.5 Å². The Labute approximate surface area is 142 Å². The van der Waals surface area contributed by atoms with Crippen LogP contribution in [0.4, 0.5) is 0 Å². The monoisotopic (exact) mass is 329 g/mol. The lowest BCUT2D eigenvalue weighted by Gasteiger charge is -2.14. The van der Waals surface area contributed by atoms with Crippen LogP contribution in [0.2, 0.25) is 0 Å². The number of carbonyl (C=O) groups excluding carboxylic acids is 1. The number of nitrogens with one attached hydrogen (secondary N) is 1. The van der Waals surface area contributed by atoms with Crippen LogP contribution in [0.15, 0.2) is 42.5 Å². The van der Waals surface area contributed by atoms with Crippen LogP contribution in [-0.2, 0) is 17.8 Å². The summed E-state index contributed by atoms with van der Waals surface area (Å²) in [6, 6.07) is 13.3. The van der Waals surface area contributed by atoms with Crippen LogP contribution < -0.4 is 19.5 Å². The number of ether oxygens (including phenoxy) is 3. The Bertz CT molecular complexity index is 685. The van der Waals surface area contributed by atoms with Crippen molar-refractivity contribution in [3.63, 3.8) is 0 Å². The summed E-state index contributed by atoms with van der Waals surface area (Å²) in [5.41, 5.74) is 1.93. The van der Waals surface area contributed by atoms with Gasteiger partial charge in [-0.3, -0.25) is 4.79 Å². The number of amides is 1. The molecule has 0 atom stereocenters. The van der Waals surface area contributed by atoms with Gasteiger partial charge in [0, 0.05) is 12.1 Å². The fourth-order valence-corrected chi connectivity index (χ4v) is 2.42. The predicted molar refractivity (Wildman–Crippen MR) is 92.7 cm³/mol. The minimum Gasteiger partial charge on any atom is -0.493 e. The third-order valence-corrected chi connectivity index (χ3v) is 3.67. The largest absolute Gasteiger partial charge is 0.493 e. The van der Waals surface area contributed by atoms with Crippen molar-refractivity contribution < 1.29 is 19.0 Å². The summed E-state index contributed by atoms with van der Waals surface area (Å²) in [5, 5.41) is 2.83. The first-order chi connectivity index (χ1) is 11.7. The zero-order valence-corrected chi connectivity index (χ0v) is 14.3. The highest BCUT2D eigenvalue weighted by atomic mass is 16.5. The summed E-state index contributed by atoms with van der Waals surface area (Å²) in [7, 11) is 3.16. The highest BCUT2D eigenvalue weighted by Gasteiger charge is 2.11. The molecule has 128 valence electrons. The molecule has 2 rings (SSSR count). The maximum Gasteiger partial charge on any atom is 0.258 e. The second-order valence-electron chi connectivity index (χ2n) is 5.18. The van der Waals surface area contributed by atoms with E-state index < -0.39 is 0 Å². The molecule has 0 fully saturated rings. The number of aryl methyl sites for hydroxylation is 1. The van der Waals surface area contributed by atoms with E-state index in [0.29, 0.717) is 18.0 Å². The van der Waals surface area contributed by atoms with Crippen LogP contribution in [0.25, 0.3) is 0 Å². The van der Waals surface area contributed by atoms with Crippen LogP contribution in [0, 0.1) is 0 Å². The number of hydrogen-bond acceptors (Lipinski definition) is 4. The van der Waals surface area contributed by atoms with E-state index in [1.165, 1.54) is 0 Å². The molecule has 24 heavy (non-hydrogen) atoms. The number of benzene rings is 2. The number of hydrogen-bond donors (Lipinski definition) is 1. The minimum absolute atomic E-state index is 0.0245. The summed E-state index contributed by atoms with van der Waals surface area (Å²) >= 11 is 0. The lowest BCUT2D eigenvalue weighted by Crippen LogP contribution is -2.28. The lowest BCUT2D eigenvalue weighted by molar-refractivity contribution is -0.123. The molecule has 0 unspecified atom stereocenters. The van der Waals surface area contributed by atoms with Crippen molar-refractivity contribution in [2.45, 2.75) is 19.9 Å². The SMILES string of the molecule is CCc1ccccc1OCC(=O)NCc1cccc(OC)c1OC. The van der Waals surface area contributed by atoms with E-state index in [1.54, 1.807) is 14.2 Å². The smallest absolute Gasteiger partial charge is 0.258 e. The molecule has 0 saturated heterocycles. The van der Waals surface area contributed by atoms with Crippen molar-refractivity contribution in [2.75, 3.05) is 20.8 Å². The third-order valence-electron chi connectivity index (χ3n) is 3.67. The van der Waals surface area contributed by atoms with Gasteiger partial charge in [-0.15, -0.1) is 0 Å². The molecule has 5 heteroatoms. The normalized spacial score (nSPS) is 10.1. The Morgan fingerprint density at radius 3 is 2.38 bits per heavy atom. The molecule has 0 aromatic heterocycles. The highest BCUT2D eigenvalue weighted by molar-refractivity contribution is 5.77. The van der Waals surface area contributed by atoms with Gasteiger partial charge in [0.2, 0.25) is 0 Å². The van der Waals surface area contributed by atoms with Gasteiger partial charge >= 0.3 is 0 Å². The van der Waals surface area contributed by atoms with Crippen LogP contribution in [-0.4, -0.2) is 26.7 Å². The molecule has 2 aromatic carbocycles. The van der Waals surface area contributed by atoms with Gasteiger partial charge in [0.25, 0.3) is 5.91 Å². The molecule has 0 radical (unpaired) electrons. The summed E-state index contributed by atoms with van der Waals surface area (Å²) in [4.78, 5) is 12.0. The van der Waals surface area contributed by atoms with Gasteiger partial charge in [-0.2, -0.15) is 0 Å². The third kappa shape index (κ3) is 4.41. The Balaban J connectivity index is 1.92. The average Bonchev–Trinajstić information content (AvgIpc) is 2.64. The van der Waals surface area contributed by atoms with E-state index in [0.717, 1.165) is 23.3 Å². The Kier molecular flexibility index (Phi) is 6.49. The van der Waals surface area contributed by atoms with Gasteiger partial charge in [-0.25, -0.2) is 0 Å². The highest BCUT2D eigenvalue weighted by Crippen LogP contribution is 2.30. The van der Waals surface area contributed by atoms with Crippen LogP contribution in [0.5, 0.6) is 17.2 Å². The minimum atomic E-state index is -0.189. The average molecular weight is 329 g/mol. The molecule has 0 saturated carbocycles. The van der Waals surface area contributed by atoms with Crippen molar-refractivity contribution >= 4 is 5.91 Å². The van der Waals surface area contributed by atoms with Gasteiger partial charge < -0.3 is 19.5 Å². The van der Waals surface area contributed by atoms with E-state index in [9.17, 15) is 4.79 Å². The van der Waals surface area contributed by atoms with Gasteiger partial charge in [0.05, 0.1) is 14.2 Å². The fourth-order valence-electron chi connectivity index (χ4n) is 2.42. The summed E-state index contributed by atoms with van der Waals surface area (Å²) in [6.45, 7) is 2.37. The molecule has 0 aliphatic heterocycles. The molecule has 1 amide bonds. The Morgan fingerprint density at radius 2 is 1.67 bits per heavy atom. The second kappa shape index (κ2) is 8.82. The first-order valence-corrected chi connectivity index (χ1v) is 7.86. The molecule has 0 heterocycles. The van der Waals surface area contributed by atoms with Crippen molar-refractivity contribution in [3.05, 3.63) is 53.6 Å². The number of methoxy groups -OCH3 is 2. The van der Waals surface area contributed by atoms with E-state index in [2.05, 4.69) is 12.2 Å². The van der Waals surface area contributed by atoms with Crippen LogP contribution in [0.1, 0.15) is 18.1 Å². The molecule has 0 bridgehead atoms. The second-order valence-corrected chi connectivity index (χ2v) is 5.18. The van der Waals surface area contributed by atoms with Gasteiger partial charge in [-0.1, -0.05) is 37.3 Å². The first kappa shape index (κ1) is 17.7. The number of para-hydroxylation sites is 2. The molecule has 0 spiro atoms. The van der Waals surface area contributed by atoms with E-state index >= 15 is 0 Å².